The highest BCUT2D eigenvalue weighted by molar-refractivity contribution is 5.86. The van der Waals surface area contributed by atoms with Gasteiger partial charge in [0, 0.05) is 19.6 Å². The Morgan fingerprint density at radius 2 is 1.67 bits per heavy atom. The molecule has 1 atom stereocenters. The Morgan fingerprint density at radius 3 is 2.29 bits per heavy atom. The number of hydrogen-bond acceptors (Lipinski definition) is 3. The van der Waals surface area contributed by atoms with Gasteiger partial charge in [0.15, 0.2) is 0 Å². The summed E-state index contributed by atoms with van der Waals surface area (Å²) in [5.41, 5.74) is 5.76. The first-order valence-corrected chi connectivity index (χ1v) is 7.98. The Morgan fingerprint density at radius 1 is 1.05 bits per heavy atom. The summed E-state index contributed by atoms with van der Waals surface area (Å²) >= 11 is 0. The van der Waals surface area contributed by atoms with E-state index in [0.717, 1.165) is 38.8 Å². The van der Waals surface area contributed by atoms with Crippen LogP contribution in [-0.4, -0.2) is 54.0 Å². The lowest BCUT2D eigenvalue weighted by Crippen LogP contribution is -2.53. The first-order valence-electron chi connectivity index (χ1n) is 7.98. The van der Waals surface area contributed by atoms with Crippen molar-refractivity contribution in [1.29, 1.82) is 0 Å². The topological polar surface area (TPSA) is 49.6 Å². The van der Waals surface area contributed by atoms with E-state index in [-0.39, 0.29) is 30.7 Å². The van der Waals surface area contributed by atoms with E-state index >= 15 is 0 Å². The third-order valence-electron chi connectivity index (χ3n) is 5.21. The van der Waals surface area contributed by atoms with Gasteiger partial charge in [-0.1, -0.05) is 12.8 Å². The molecule has 124 valence electrons. The van der Waals surface area contributed by atoms with E-state index < -0.39 is 5.54 Å². The Labute approximate surface area is 140 Å². The summed E-state index contributed by atoms with van der Waals surface area (Å²) in [6, 6.07) is 0. The second-order valence-electron chi connectivity index (χ2n) is 6.78. The number of carbonyl (C=O) groups excluding carboxylic acids is 1. The molecule has 3 fully saturated rings. The molecule has 2 heterocycles. The number of nitrogens with two attached hydrogens (primary N) is 1. The molecular weight excluding hydrogens is 309 g/mol. The first kappa shape index (κ1) is 19.0. The zero-order valence-electron chi connectivity index (χ0n) is 12.8. The van der Waals surface area contributed by atoms with Crippen LogP contribution in [0.25, 0.3) is 0 Å². The summed E-state index contributed by atoms with van der Waals surface area (Å²) < 4.78 is 0. The molecule has 0 bridgehead atoms. The van der Waals surface area contributed by atoms with E-state index in [1.165, 1.54) is 38.9 Å². The third-order valence-corrected chi connectivity index (χ3v) is 5.21. The largest absolute Gasteiger partial charge is 0.341 e. The molecule has 6 heteroatoms. The van der Waals surface area contributed by atoms with Gasteiger partial charge in [0.1, 0.15) is 0 Å². The fourth-order valence-electron chi connectivity index (χ4n) is 4.03. The maximum Gasteiger partial charge on any atom is 0.242 e. The van der Waals surface area contributed by atoms with E-state index in [0.29, 0.717) is 5.92 Å². The van der Waals surface area contributed by atoms with Crippen molar-refractivity contribution in [2.75, 3.05) is 32.7 Å². The predicted octanol–water partition coefficient (Wildman–Crippen LogP) is 2.05. The summed E-state index contributed by atoms with van der Waals surface area (Å²) in [5, 5.41) is 0. The predicted molar refractivity (Wildman–Crippen MR) is 90.2 cm³/mol. The van der Waals surface area contributed by atoms with Gasteiger partial charge in [-0.15, -0.1) is 24.8 Å². The van der Waals surface area contributed by atoms with Crippen molar-refractivity contribution in [2.24, 2.45) is 11.7 Å². The normalized spacial score (nSPS) is 28.2. The van der Waals surface area contributed by atoms with E-state index in [9.17, 15) is 4.79 Å². The highest BCUT2D eigenvalue weighted by atomic mass is 35.5. The van der Waals surface area contributed by atoms with Crippen LogP contribution in [-0.2, 0) is 4.79 Å². The van der Waals surface area contributed by atoms with Gasteiger partial charge < -0.3 is 15.5 Å². The number of carbonyl (C=O) groups is 1. The number of rotatable bonds is 3. The van der Waals surface area contributed by atoms with Gasteiger partial charge in [-0.3, -0.25) is 4.79 Å². The summed E-state index contributed by atoms with van der Waals surface area (Å²) in [6.07, 6.45) is 7.87. The third kappa shape index (κ3) is 4.25. The van der Waals surface area contributed by atoms with E-state index in [4.69, 9.17) is 5.73 Å². The number of nitrogens with zero attached hydrogens (tertiary/aromatic N) is 2. The van der Waals surface area contributed by atoms with Crippen LogP contribution in [0.15, 0.2) is 0 Å². The summed E-state index contributed by atoms with van der Waals surface area (Å²) in [6.45, 7) is 5.56. The molecule has 3 rings (SSSR count). The van der Waals surface area contributed by atoms with Gasteiger partial charge >= 0.3 is 0 Å². The van der Waals surface area contributed by atoms with Crippen molar-refractivity contribution in [3.05, 3.63) is 0 Å². The lowest BCUT2D eigenvalue weighted by molar-refractivity contribution is -0.135. The van der Waals surface area contributed by atoms with Gasteiger partial charge in [-0.05, 0) is 51.1 Å². The summed E-state index contributed by atoms with van der Waals surface area (Å²) in [5.74, 6) is 0.904. The van der Waals surface area contributed by atoms with Crippen LogP contribution < -0.4 is 5.73 Å². The highest BCUT2D eigenvalue weighted by Gasteiger charge is 2.41. The Hall–Kier alpha value is -0.0300. The van der Waals surface area contributed by atoms with Crippen LogP contribution in [0.5, 0.6) is 0 Å². The molecule has 4 nitrogen and oxygen atoms in total. The smallest absolute Gasteiger partial charge is 0.242 e. The molecule has 2 saturated heterocycles. The average molecular weight is 338 g/mol. The van der Waals surface area contributed by atoms with Crippen molar-refractivity contribution >= 4 is 30.7 Å². The minimum absolute atomic E-state index is 0. The van der Waals surface area contributed by atoms with Crippen LogP contribution in [0, 0.1) is 5.92 Å². The molecule has 1 saturated carbocycles. The maximum atomic E-state index is 12.5. The molecule has 1 aliphatic carbocycles. The average Bonchev–Trinajstić information content (AvgIpc) is 3.11. The first-order chi connectivity index (χ1) is 9.17. The molecule has 21 heavy (non-hydrogen) atoms. The van der Waals surface area contributed by atoms with Crippen LogP contribution in [0.2, 0.25) is 0 Å². The molecular formula is C15H29Cl2N3O. The maximum absolute atomic E-state index is 12.5. The number of halogens is 2. The number of amides is 1. The second kappa shape index (κ2) is 8.00. The molecule has 0 spiro atoms. The second-order valence-corrected chi connectivity index (χ2v) is 6.78. The quantitative estimate of drug-likeness (QED) is 0.857. The number of hydrogen-bond donors (Lipinski definition) is 1. The van der Waals surface area contributed by atoms with Crippen LogP contribution >= 0.6 is 24.8 Å². The van der Waals surface area contributed by atoms with Gasteiger partial charge in [-0.25, -0.2) is 0 Å². The van der Waals surface area contributed by atoms with Crippen LogP contribution in [0.1, 0.15) is 44.9 Å². The fourth-order valence-corrected chi connectivity index (χ4v) is 4.03. The Bertz CT molecular complexity index is 342. The van der Waals surface area contributed by atoms with Crippen molar-refractivity contribution in [2.45, 2.75) is 50.5 Å². The van der Waals surface area contributed by atoms with Crippen molar-refractivity contribution in [1.82, 2.24) is 9.80 Å². The molecule has 1 amide bonds. The molecule has 0 aromatic carbocycles. The van der Waals surface area contributed by atoms with Gasteiger partial charge in [0.25, 0.3) is 0 Å². The lowest BCUT2D eigenvalue weighted by atomic mass is 9.97. The van der Waals surface area contributed by atoms with Crippen molar-refractivity contribution in [3.63, 3.8) is 0 Å². The fraction of sp³-hybridized carbons (Fsp3) is 0.933. The van der Waals surface area contributed by atoms with Gasteiger partial charge in [0.2, 0.25) is 5.91 Å². The van der Waals surface area contributed by atoms with Crippen LogP contribution in [0.3, 0.4) is 0 Å². The van der Waals surface area contributed by atoms with E-state index in [1.807, 2.05) is 4.90 Å². The Kier molecular flexibility index (Phi) is 7.25. The minimum Gasteiger partial charge on any atom is -0.341 e. The zero-order valence-corrected chi connectivity index (χ0v) is 14.4. The van der Waals surface area contributed by atoms with Crippen molar-refractivity contribution < 1.29 is 4.79 Å². The SMILES string of the molecule is Cl.Cl.NC1(C(=O)N2CCC(CN3CCCC3)C2)CCCC1. The lowest BCUT2D eigenvalue weighted by Gasteiger charge is -2.29. The number of likely N-dealkylation sites (tertiary alicyclic amines) is 2. The summed E-state index contributed by atoms with van der Waals surface area (Å²) in [4.78, 5) is 17.1. The molecule has 0 aromatic heterocycles. The highest BCUT2D eigenvalue weighted by Crippen LogP contribution is 2.31. The molecule has 1 unspecified atom stereocenters. The van der Waals surface area contributed by atoms with Crippen molar-refractivity contribution in [3.8, 4) is 0 Å². The molecule has 3 aliphatic rings. The molecule has 2 N–H and O–H groups in total. The zero-order chi connectivity index (χ0) is 13.3. The standard InChI is InChI=1S/C15H27N3O.2ClH/c16-15(6-1-2-7-15)14(19)18-10-5-13(12-18)11-17-8-3-4-9-17;;/h13H,1-12,16H2;2*1H. The van der Waals surface area contributed by atoms with E-state index in [2.05, 4.69) is 4.90 Å². The minimum atomic E-state index is -0.525. The Balaban J connectivity index is 0.00000110. The van der Waals surface area contributed by atoms with Gasteiger partial charge in [-0.2, -0.15) is 0 Å². The molecule has 2 aliphatic heterocycles. The monoisotopic (exact) mass is 337 g/mol. The van der Waals surface area contributed by atoms with Gasteiger partial charge in [0.05, 0.1) is 5.54 Å². The van der Waals surface area contributed by atoms with Crippen LogP contribution in [0.4, 0.5) is 0 Å². The molecule has 0 radical (unpaired) electrons. The van der Waals surface area contributed by atoms with E-state index in [1.54, 1.807) is 0 Å². The summed E-state index contributed by atoms with van der Waals surface area (Å²) in [7, 11) is 0. The molecule has 0 aromatic rings.